The first-order valence-corrected chi connectivity index (χ1v) is 10.9. The van der Waals surface area contributed by atoms with Crippen LogP contribution in [0.25, 0.3) is 16.9 Å². The quantitative estimate of drug-likeness (QED) is 0.491. The SMILES string of the molecule is Cc1cnnn1-c1ccc(Nc2nccc(-c3ccc(NS(C)(=O)=O)cc3)n2)cc1. The van der Waals surface area contributed by atoms with E-state index in [2.05, 4.69) is 30.3 Å². The van der Waals surface area contributed by atoms with E-state index >= 15 is 0 Å². The molecule has 4 aromatic rings. The second-order valence-corrected chi connectivity index (χ2v) is 8.42. The smallest absolute Gasteiger partial charge is 0.229 e. The summed E-state index contributed by atoms with van der Waals surface area (Å²) in [6.45, 7) is 1.94. The summed E-state index contributed by atoms with van der Waals surface area (Å²) >= 11 is 0. The minimum atomic E-state index is -3.31. The van der Waals surface area contributed by atoms with Crippen LogP contribution in [0.3, 0.4) is 0 Å². The number of hydrogen-bond acceptors (Lipinski definition) is 7. The van der Waals surface area contributed by atoms with Crippen LogP contribution in [0.15, 0.2) is 67.0 Å². The van der Waals surface area contributed by atoms with Gasteiger partial charge in [0.2, 0.25) is 16.0 Å². The van der Waals surface area contributed by atoms with E-state index in [1.54, 1.807) is 47.4 Å². The largest absolute Gasteiger partial charge is 0.324 e. The highest BCUT2D eigenvalue weighted by Crippen LogP contribution is 2.22. The Hall–Kier alpha value is -3.79. The number of nitrogens with one attached hydrogen (secondary N) is 2. The molecular weight excluding hydrogens is 402 g/mol. The van der Waals surface area contributed by atoms with Crippen molar-refractivity contribution in [2.45, 2.75) is 6.92 Å². The average molecular weight is 421 g/mol. The van der Waals surface area contributed by atoms with E-state index < -0.39 is 10.0 Å². The van der Waals surface area contributed by atoms with Crippen molar-refractivity contribution < 1.29 is 8.42 Å². The lowest BCUT2D eigenvalue weighted by molar-refractivity contribution is 0.607. The summed E-state index contributed by atoms with van der Waals surface area (Å²) < 4.78 is 26.9. The average Bonchev–Trinajstić information content (AvgIpc) is 3.14. The van der Waals surface area contributed by atoms with Crippen molar-refractivity contribution >= 4 is 27.3 Å². The summed E-state index contributed by atoms with van der Waals surface area (Å²) in [6.07, 6.45) is 4.48. The molecule has 2 heterocycles. The third kappa shape index (κ3) is 4.61. The highest BCUT2D eigenvalue weighted by atomic mass is 32.2. The molecule has 152 valence electrons. The van der Waals surface area contributed by atoms with E-state index in [0.717, 1.165) is 28.9 Å². The van der Waals surface area contributed by atoms with Crippen molar-refractivity contribution in [2.75, 3.05) is 16.3 Å². The summed E-state index contributed by atoms with van der Waals surface area (Å²) in [6, 6.07) is 16.5. The Labute approximate surface area is 173 Å². The lowest BCUT2D eigenvalue weighted by Gasteiger charge is -2.09. The third-order valence-corrected chi connectivity index (χ3v) is 4.83. The lowest BCUT2D eigenvalue weighted by Crippen LogP contribution is -2.09. The molecule has 9 nitrogen and oxygen atoms in total. The van der Waals surface area contributed by atoms with E-state index in [0.29, 0.717) is 17.3 Å². The second-order valence-electron chi connectivity index (χ2n) is 6.68. The molecule has 4 rings (SSSR count). The zero-order valence-electron chi connectivity index (χ0n) is 16.3. The maximum absolute atomic E-state index is 11.3. The van der Waals surface area contributed by atoms with Gasteiger partial charge in [0, 0.05) is 23.1 Å². The molecule has 0 saturated heterocycles. The standard InChI is InChI=1S/C20H19N7O2S/c1-14-13-22-26-27(14)18-9-7-16(8-10-18)23-20-21-12-11-19(24-20)15-3-5-17(6-4-15)25-30(2,28)29/h3-13,25H,1-2H3,(H,21,23,24). The monoisotopic (exact) mass is 421 g/mol. The Morgan fingerprint density at radius 2 is 1.63 bits per heavy atom. The van der Waals surface area contributed by atoms with Crippen molar-refractivity contribution in [3.8, 4) is 16.9 Å². The number of aromatic nitrogens is 5. The molecule has 10 heteroatoms. The Morgan fingerprint density at radius 1 is 0.933 bits per heavy atom. The van der Waals surface area contributed by atoms with E-state index in [1.165, 1.54) is 0 Å². The topological polar surface area (TPSA) is 115 Å². The fourth-order valence-corrected chi connectivity index (χ4v) is 3.42. The first-order valence-electron chi connectivity index (χ1n) is 9.03. The molecule has 30 heavy (non-hydrogen) atoms. The third-order valence-electron chi connectivity index (χ3n) is 4.23. The molecule has 0 atom stereocenters. The van der Waals surface area contributed by atoms with Crippen LogP contribution in [0.1, 0.15) is 5.69 Å². The van der Waals surface area contributed by atoms with Gasteiger partial charge in [0.25, 0.3) is 0 Å². The van der Waals surface area contributed by atoms with Crippen LogP contribution in [-0.2, 0) is 10.0 Å². The maximum Gasteiger partial charge on any atom is 0.229 e. The van der Waals surface area contributed by atoms with Crippen LogP contribution in [-0.4, -0.2) is 39.6 Å². The zero-order valence-corrected chi connectivity index (χ0v) is 17.1. The van der Waals surface area contributed by atoms with Gasteiger partial charge in [0.05, 0.1) is 29.5 Å². The number of benzene rings is 2. The van der Waals surface area contributed by atoms with Crippen molar-refractivity contribution in [1.82, 2.24) is 25.0 Å². The number of sulfonamides is 1. The first-order chi connectivity index (χ1) is 14.4. The Kier molecular flexibility index (Phi) is 5.15. The Morgan fingerprint density at radius 3 is 2.27 bits per heavy atom. The number of aryl methyl sites for hydroxylation is 1. The van der Waals surface area contributed by atoms with Gasteiger partial charge in [-0.2, -0.15) is 0 Å². The molecular formula is C20H19N7O2S. The van der Waals surface area contributed by atoms with Crippen molar-refractivity contribution in [2.24, 2.45) is 0 Å². The normalized spacial score (nSPS) is 11.3. The van der Waals surface area contributed by atoms with E-state index in [9.17, 15) is 8.42 Å². The number of anilines is 3. The van der Waals surface area contributed by atoms with Crippen LogP contribution in [0, 0.1) is 6.92 Å². The molecule has 0 aliphatic heterocycles. The van der Waals surface area contributed by atoms with Gasteiger partial charge in [-0.15, -0.1) is 5.10 Å². The van der Waals surface area contributed by atoms with Crippen molar-refractivity contribution in [3.05, 3.63) is 72.7 Å². The number of hydrogen-bond donors (Lipinski definition) is 2. The highest BCUT2D eigenvalue weighted by Gasteiger charge is 2.06. The van der Waals surface area contributed by atoms with Gasteiger partial charge in [-0.05, 0) is 49.4 Å². The van der Waals surface area contributed by atoms with Gasteiger partial charge >= 0.3 is 0 Å². The minimum Gasteiger partial charge on any atom is -0.324 e. The molecule has 0 amide bonds. The molecule has 0 aliphatic rings. The minimum absolute atomic E-state index is 0.454. The predicted octanol–water partition coefficient (Wildman–Crippen LogP) is 3.15. The first kappa shape index (κ1) is 19.5. The van der Waals surface area contributed by atoms with Crippen LogP contribution >= 0.6 is 0 Å². The van der Waals surface area contributed by atoms with Crippen LogP contribution in [0.4, 0.5) is 17.3 Å². The van der Waals surface area contributed by atoms with Crippen LogP contribution in [0.2, 0.25) is 0 Å². The van der Waals surface area contributed by atoms with Crippen molar-refractivity contribution in [3.63, 3.8) is 0 Å². The van der Waals surface area contributed by atoms with Gasteiger partial charge in [0.1, 0.15) is 0 Å². The summed E-state index contributed by atoms with van der Waals surface area (Å²) in [5.41, 5.74) is 4.75. The van der Waals surface area contributed by atoms with Gasteiger partial charge < -0.3 is 5.32 Å². The van der Waals surface area contributed by atoms with Gasteiger partial charge in [-0.3, -0.25) is 4.72 Å². The molecule has 2 aromatic heterocycles. The van der Waals surface area contributed by atoms with E-state index in [1.807, 2.05) is 31.2 Å². The molecule has 0 radical (unpaired) electrons. The zero-order chi connectivity index (χ0) is 21.1. The van der Waals surface area contributed by atoms with E-state index in [4.69, 9.17) is 0 Å². The molecule has 2 aromatic carbocycles. The molecule has 2 N–H and O–H groups in total. The molecule has 0 saturated carbocycles. The van der Waals surface area contributed by atoms with Gasteiger partial charge in [-0.25, -0.2) is 23.1 Å². The lowest BCUT2D eigenvalue weighted by atomic mass is 10.1. The fourth-order valence-electron chi connectivity index (χ4n) is 2.86. The van der Waals surface area contributed by atoms with Gasteiger partial charge in [0.15, 0.2) is 0 Å². The molecule has 0 fully saturated rings. The fraction of sp³-hybridized carbons (Fsp3) is 0.100. The number of nitrogens with zero attached hydrogens (tertiary/aromatic N) is 5. The Balaban J connectivity index is 1.50. The van der Waals surface area contributed by atoms with Crippen LogP contribution in [0.5, 0.6) is 0 Å². The molecule has 0 spiro atoms. The Bertz CT molecular complexity index is 1270. The van der Waals surface area contributed by atoms with Crippen LogP contribution < -0.4 is 10.0 Å². The summed E-state index contributed by atoms with van der Waals surface area (Å²) in [7, 11) is -3.31. The maximum atomic E-state index is 11.3. The summed E-state index contributed by atoms with van der Waals surface area (Å²) in [5.74, 6) is 0.454. The number of rotatable bonds is 6. The second kappa shape index (κ2) is 7.91. The molecule has 0 unspecified atom stereocenters. The van der Waals surface area contributed by atoms with E-state index in [-0.39, 0.29) is 0 Å². The van der Waals surface area contributed by atoms with Gasteiger partial charge in [-0.1, -0.05) is 17.3 Å². The van der Waals surface area contributed by atoms with Crippen molar-refractivity contribution in [1.29, 1.82) is 0 Å². The molecule has 0 aliphatic carbocycles. The summed E-state index contributed by atoms with van der Waals surface area (Å²) in [5, 5.41) is 11.1. The highest BCUT2D eigenvalue weighted by molar-refractivity contribution is 7.92. The molecule has 0 bridgehead atoms. The summed E-state index contributed by atoms with van der Waals surface area (Å²) in [4.78, 5) is 8.81. The predicted molar refractivity (Wildman–Crippen MR) is 115 cm³/mol.